The maximum atomic E-state index is 11.7. The first-order chi connectivity index (χ1) is 10.7. The number of hydrogen-bond acceptors (Lipinski definition) is 4. The molecule has 1 N–H and O–H groups in total. The molecule has 0 spiro atoms. The van der Waals surface area contributed by atoms with E-state index in [1.54, 1.807) is 11.9 Å². The Morgan fingerprint density at radius 2 is 1.82 bits per heavy atom. The molecule has 7 nitrogen and oxygen atoms in total. The van der Waals surface area contributed by atoms with Crippen LogP contribution in [0.4, 0.5) is 4.79 Å². The minimum absolute atomic E-state index is 0.227. The Balaban J connectivity index is 2.24. The van der Waals surface area contributed by atoms with Crippen molar-refractivity contribution in [3.63, 3.8) is 0 Å². The second-order valence-corrected chi connectivity index (χ2v) is 5.11. The minimum Gasteiger partial charge on any atom is -0.450 e. The molecule has 1 heterocycles. The molecule has 128 valence electrons. The number of nitrogens with zero attached hydrogens (tertiary/aromatic N) is 3. The molecule has 22 heavy (non-hydrogen) atoms. The summed E-state index contributed by atoms with van der Waals surface area (Å²) in [5.41, 5.74) is 0. The zero-order chi connectivity index (χ0) is 16.2. The van der Waals surface area contributed by atoms with Gasteiger partial charge in [-0.05, 0) is 13.3 Å². The molecule has 0 aromatic rings. The summed E-state index contributed by atoms with van der Waals surface area (Å²) in [6, 6.07) is 0. The quantitative estimate of drug-likeness (QED) is 0.434. The molecule has 1 amide bonds. The molecule has 0 bridgehead atoms. The van der Waals surface area contributed by atoms with Gasteiger partial charge in [0.05, 0.1) is 13.2 Å². The molecule has 0 unspecified atom stereocenters. The molecule has 0 aromatic heterocycles. The van der Waals surface area contributed by atoms with E-state index in [0.29, 0.717) is 26.3 Å². The highest BCUT2D eigenvalue weighted by molar-refractivity contribution is 5.80. The highest BCUT2D eigenvalue weighted by Gasteiger charge is 2.23. The minimum atomic E-state index is -0.227. The van der Waals surface area contributed by atoms with Gasteiger partial charge in [-0.3, -0.25) is 4.99 Å². The summed E-state index contributed by atoms with van der Waals surface area (Å²) in [5.74, 6) is 0.864. The molecule has 1 aliphatic rings. The number of rotatable bonds is 7. The van der Waals surface area contributed by atoms with Gasteiger partial charge in [-0.15, -0.1) is 0 Å². The van der Waals surface area contributed by atoms with Gasteiger partial charge >= 0.3 is 6.09 Å². The Hall–Kier alpha value is -1.50. The molecule has 1 rings (SSSR count). The van der Waals surface area contributed by atoms with Crippen molar-refractivity contribution < 1.29 is 14.3 Å². The molecule has 0 aliphatic carbocycles. The van der Waals surface area contributed by atoms with Gasteiger partial charge in [0.25, 0.3) is 0 Å². The molecule has 1 aliphatic heterocycles. The third kappa shape index (κ3) is 6.51. The molecule has 0 aromatic carbocycles. The highest BCUT2D eigenvalue weighted by atomic mass is 16.6. The van der Waals surface area contributed by atoms with E-state index in [2.05, 4.69) is 22.1 Å². The average molecular weight is 314 g/mol. The molecule has 1 fully saturated rings. The summed E-state index contributed by atoms with van der Waals surface area (Å²) in [6.07, 6.45) is 2.03. The van der Waals surface area contributed by atoms with E-state index in [0.717, 1.165) is 45.0 Å². The lowest BCUT2D eigenvalue weighted by atomic mass is 10.3. The number of nitrogens with one attached hydrogen (secondary N) is 1. The van der Waals surface area contributed by atoms with Crippen LogP contribution in [0.2, 0.25) is 0 Å². The number of ether oxygens (including phenoxy) is 2. The van der Waals surface area contributed by atoms with Gasteiger partial charge in [-0.25, -0.2) is 4.79 Å². The van der Waals surface area contributed by atoms with Crippen molar-refractivity contribution >= 4 is 12.1 Å². The summed E-state index contributed by atoms with van der Waals surface area (Å²) < 4.78 is 10.5. The second kappa shape index (κ2) is 11.1. The lowest BCUT2D eigenvalue weighted by Gasteiger charge is -2.35. The van der Waals surface area contributed by atoms with E-state index in [4.69, 9.17) is 9.47 Å². The zero-order valence-electron chi connectivity index (χ0n) is 14.1. The Bertz CT molecular complexity index is 342. The standard InChI is InChI=1S/C15H30N4O3/c1-4-6-12-21-13-7-17-14(16-3)18-8-10-19(11-9-18)15(20)22-5-2/h4-13H2,1-3H3,(H,16,17). The summed E-state index contributed by atoms with van der Waals surface area (Å²) in [5, 5.41) is 3.30. The Morgan fingerprint density at radius 3 is 2.41 bits per heavy atom. The zero-order valence-corrected chi connectivity index (χ0v) is 14.1. The van der Waals surface area contributed by atoms with Crippen molar-refractivity contribution in [1.82, 2.24) is 15.1 Å². The van der Waals surface area contributed by atoms with Gasteiger partial charge in [0.2, 0.25) is 0 Å². The van der Waals surface area contributed by atoms with E-state index in [9.17, 15) is 4.79 Å². The Kier molecular flexibility index (Phi) is 9.37. The molecule has 0 radical (unpaired) electrons. The number of amides is 1. The third-order valence-electron chi connectivity index (χ3n) is 3.49. The Morgan fingerprint density at radius 1 is 1.14 bits per heavy atom. The van der Waals surface area contributed by atoms with Crippen LogP contribution in [0.3, 0.4) is 0 Å². The van der Waals surface area contributed by atoms with Gasteiger partial charge in [-0.1, -0.05) is 13.3 Å². The number of hydrogen-bond donors (Lipinski definition) is 1. The first kappa shape index (κ1) is 18.5. The van der Waals surface area contributed by atoms with Gasteiger partial charge in [0.15, 0.2) is 5.96 Å². The summed E-state index contributed by atoms with van der Waals surface area (Å²) in [6.45, 7) is 9.47. The number of unbranched alkanes of at least 4 members (excludes halogenated alkanes) is 1. The van der Waals surface area contributed by atoms with Crippen molar-refractivity contribution in [3.05, 3.63) is 0 Å². The van der Waals surface area contributed by atoms with Crippen LogP contribution in [-0.4, -0.2) is 81.4 Å². The smallest absolute Gasteiger partial charge is 0.409 e. The van der Waals surface area contributed by atoms with Gasteiger partial charge in [0, 0.05) is 46.4 Å². The van der Waals surface area contributed by atoms with Crippen molar-refractivity contribution in [1.29, 1.82) is 0 Å². The van der Waals surface area contributed by atoms with Crippen LogP contribution in [0.1, 0.15) is 26.7 Å². The van der Waals surface area contributed by atoms with E-state index < -0.39 is 0 Å². The SMILES string of the molecule is CCCCOCCNC(=NC)N1CCN(C(=O)OCC)CC1. The number of carbonyl (C=O) groups is 1. The predicted octanol–water partition coefficient (Wildman–Crippen LogP) is 1.15. The lowest BCUT2D eigenvalue weighted by molar-refractivity contribution is 0.0912. The second-order valence-electron chi connectivity index (χ2n) is 5.11. The largest absolute Gasteiger partial charge is 0.450 e. The highest BCUT2D eigenvalue weighted by Crippen LogP contribution is 2.04. The van der Waals surface area contributed by atoms with Gasteiger partial charge in [0.1, 0.15) is 0 Å². The van der Waals surface area contributed by atoms with Crippen molar-refractivity contribution in [2.75, 3.05) is 59.6 Å². The molecule has 1 saturated heterocycles. The number of piperazine rings is 1. The summed E-state index contributed by atoms with van der Waals surface area (Å²) in [4.78, 5) is 19.8. The first-order valence-electron chi connectivity index (χ1n) is 8.17. The summed E-state index contributed by atoms with van der Waals surface area (Å²) >= 11 is 0. The maximum Gasteiger partial charge on any atom is 0.409 e. The molecule has 7 heteroatoms. The van der Waals surface area contributed by atoms with Crippen LogP contribution in [0.25, 0.3) is 0 Å². The van der Waals surface area contributed by atoms with E-state index in [1.165, 1.54) is 0 Å². The number of aliphatic imine (C=N–C) groups is 1. The predicted molar refractivity (Wildman–Crippen MR) is 87.3 cm³/mol. The number of guanidine groups is 1. The monoisotopic (exact) mass is 314 g/mol. The normalized spacial score (nSPS) is 15.9. The van der Waals surface area contributed by atoms with Gasteiger partial charge < -0.3 is 24.6 Å². The molecule has 0 atom stereocenters. The number of carbonyl (C=O) groups excluding carboxylic acids is 1. The third-order valence-corrected chi connectivity index (χ3v) is 3.49. The van der Waals surface area contributed by atoms with E-state index in [-0.39, 0.29) is 6.09 Å². The molecule has 0 saturated carbocycles. The fraction of sp³-hybridized carbons (Fsp3) is 0.867. The van der Waals surface area contributed by atoms with Crippen LogP contribution < -0.4 is 5.32 Å². The van der Waals surface area contributed by atoms with Crippen LogP contribution >= 0.6 is 0 Å². The maximum absolute atomic E-state index is 11.7. The van der Waals surface area contributed by atoms with E-state index >= 15 is 0 Å². The fourth-order valence-corrected chi connectivity index (χ4v) is 2.23. The molecular weight excluding hydrogens is 284 g/mol. The van der Waals surface area contributed by atoms with Crippen molar-refractivity contribution in [2.45, 2.75) is 26.7 Å². The summed E-state index contributed by atoms with van der Waals surface area (Å²) in [7, 11) is 1.78. The van der Waals surface area contributed by atoms with Crippen LogP contribution in [0.15, 0.2) is 4.99 Å². The lowest BCUT2D eigenvalue weighted by Crippen LogP contribution is -2.54. The molecular formula is C15H30N4O3. The van der Waals surface area contributed by atoms with Crippen LogP contribution in [0, 0.1) is 0 Å². The average Bonchev–Trinajstić information content (AvgIpc) is 2.55. The fourth-order valence-electron chi connectivity index (χ4n) is 2.23. The van der Waals surface area contributed by atoms with E-state index in [1.807, 2.05) is 6.92 Å². The topological polar surface area (TPSA) is 66.4 Å². The van der Waals surface area contributed by atoms with Crippen molar-refractivity contribution in [3.8, 4) is 0 Å². The van der Waals surface area contributed by atoms with Crippen molar-refractivity contribution in [2.24, 2.45) is 4.99 Å². The Labute approximate surface area is 133 Å². The van der Waals surface area contributed by atoms with Gasteiger partial charge in [-0.2, -0.15) is 0 Å². The first-order valence-corrected chi connectivity index (χ1v) is 8.17. The van der Waals surface area contributed by atoms with Crippen LogP contribution in [-0.2, 0) is 9.47 Å². The van der Waals surface area contributed by atoms with Crippen LogP contribution in [0.5, 0.6) is 0 Å².